The molecular formula is C31H31F2N7O3. The largest absolute Gasteiger partial charge is 0.381 e. The Morgan fingerprint density at radius 1 is 0.953 bits per heavy atom. The Hall–Kier alpha value is -4.97. The zero-order valence-electron chi connectivity index (χ0n) is 23.5. The summed E-state index contributed by atoms with van der Waals surface area (Å²) < 4.78 is 31.9. The van der Waals surface area contributed by atoms with Gasteiger partial charge in [0.2, 0.25) is 0 Å². The second-order valence-corrected chi connectivity index (χ2v) is 10.3. The summed E-state index contributed by atoms with van der Waals surface area (Å²) in [6.45, 7) is 1.44. The maximum absolute atomic E-state index is 14.8. The minimum Gasteiger partial charge on any atom is -0.381 e. The second kappa shape index (κ2) is 12.9. The monoisotopic (exact) mass is 587 g/mol. The van der Waals surface area contributed by atoms with Crippen LogP contribution in [0.4, 0.5) is 14.5 Å². The van der Waals surface area contributed by atoms with Crippen molar-refractivity contribution in [3.63, 3.8) is 0 Å². The van der Waals surface area contributed by atoms with Crippen LogP contribution in [0.1, 0.15) is 47.7 Å². The van der Waals surface area contributed by atoms with Gasteiger partial charge in [-0.3, -0.25) is 4.79 Å². The summed E-state index contributed by atoms with van der Waals surface area (Å²) in [7, 11) is 0. The maximum Gasteiger partial charge on any atom is 0.350 e. The molecule has 3 aromatic carbocycles. The molecule has 0 aliphatic rings. The third-order valence-corrected chi connectivity index (χ3v) is 7.16. The fourth-order valence-corrected chi connectivity index (χ4v) is 4.85. The highest BCUT2D eigenvalue weighted by atomic mass is 19.1. The molecule has 5 rings (SSSR count). The van der Waals surface area contributed by atoms with E-state index in [0.717, 1.165) is 36.1 Å². The zero-order chi connectivity index (χ0) is 30.4. The molecule has 0 bridgehead atoms. The fourth-order valence-electron chi connectivity index (χ4n) is 4.85. The summed E-state index contributed by atoms with van der Waals surface area (Å²) >= 11 is 0. The van der Waals surface area contributed by atoms with Crippen molar-refractivity contribution in [1.82, 2.24) is 29.1 Å². The van der Waals surface area contributed by atoms with Crippen molar-refractivity contribution in [1.29, 1.82) is 0 Å². The van der Waals surface area contributed by atoms with Gasteiger partial charge in [0.1, 0.15) is 36.2 Å². The quantitative estimate of drug-likeness (QED) is 0.208. The zero-order valence-corrected chi connectivity index (χ0v) is 23.5. The molecule has 0 saturated carbocycles. The van der Waals surface area contributed by atoms with Crippen LogP contribution < -0.4 is 11.0 Å². The number of benzene rings is 3. The smallest absolute Gasteiger partial charge is 0.350 e. The van der Waals surface area contributed by atoms with E-state index in [1.54, 1.807) is 36.4 Å². The molecule has 222 valence electrons. The van der Waals surface area contributed by atoms with E-state index in [-0.39, 0.29) is 18.0 Å². The lowest BCUT2D eigenvalue weighted by Crippen LogP contribution is -2.41. The summed E-state index contributed by atoms with van der Waals surface area (Å²) in [5, 5.41) is 22.5. The Bertz CT molecular complexity index is 1730. The molecule has 0 spiro atoms. The molecule has 0 aliphatic carbocycles. The predicted octanol–water partition coefficient (Wildman–Crippen LogP) is 4.48. The van der Waals surface area contributed by atoms with Crippen molar-refractivity contribution in [2.24, 2.45) is 0 Å². The van der Waals surface area contributed by atoms with Crippen molar-refractivity contribution in [2.75, 3.05) is 5.32 Å². The van der Waals surface area contributed by atoms with Crippen molar-refractivity contribution in [3.8, 4) is 5.69 Å². The Morgan fingerprint density at radius 2 is 1.72 bits per heavy atom. The van der Waals surface area contributed by atoms with E-state index in [1.807, 2.05) is 12.1 Å². The molecule has 43 heavy (non-hydrogen) atoms. The number of rotatable bonds is 12. The van der Waals surface area contributed by atoms with Crippen LogP contribution in [-0.2, 0) is 25.1 Å². The number of hydrogen-bond donors (Lipinski definition) is 2. The molecule has 10 nitrogen and oxygen atoms in total. The first-order chi connectivity index (χ1) is 20.8. The number of nitrogens with one attached hydrogen (secondary N) is 1. The van der Waals surface area contributed by atoms with Crippen molar-refractivity contribution < 1.29 is 18.7 Å². The number of hydrogen-bond acceptors (Lipinski definition) is 6. The van der Waals surface area contributed by atoms with E-state index in [4.69, 9.17) is 0 Å². The summed E-state index contributed by atoms with van der Waals surface area (Å²) in [5.74, 6) is -2.03. The van der Waals surface area contributed by atoms with Gasteiger partial charge in [0, 0.05) is 22.9 Å². The van der Waals surface area contributed by atoms with Crippen molar-refractivity contribution >= 4 is 11.6 Å². The lowest BCUT2D eigenvalue weighted by Gasteiger charge is -2.28. The van der Waals surface area contributed by atoms with Crippen molar-refractivity contribution in [3.05, 3.63) is 125 Å². The minimum atomic E-state index is -2.02. The Kier molecular flexibility index (Phi) is 8.86. The molecule has 5 aromatic rings. The standard InChI is InChI=1S/C31H31F2N7O3/c1-2-3-4-5-22-6-8-23(9-7-22)29(41)37-25-11-13-26(14-12-25)39-21-36-40(30(39)42)18-31(43,17-38-20-34-19-35-38)27-15-10-24(32)16-28(27)33/h6-16,19-21,43H,2-5,17-18H2,1H3,(H,37,41). The number of amides is 1. The number of nitrogens with zero attached hydrogens (tertiary/aromatic N) is 6. The number of halogens is 2. The third kappa shape index (κ3) is 6.92. The summed E-state index contributed by atoms with van der Waals surface area (Å²) in [5.41, 5.74) is -0.117. The van der Waals surface area contributed by atoms with E-state index in [9.17, 15) is 23.5 Å². The molecule has 2 heterocycles. The number of aryl methyl sites for hydroxylation is 1. The lowest BCUT2D eigenvalue weighted by molar-refractivity contribution is -0.00948. The van der Waals surface area contributed by atoms with Crippen LogP contribution in [0.15, 0.2) is 90.5 Å². The number of carbonyl (C=O) groups is 1. The van der Waals surface area contributed by atoms with E-state index in [0.29, 0.717) is 23.0 Å². The topological polar surface area (TPSA) is 120 Å². The Labute approximate surface area is 246 Å². The molecule has 0 saturated heterocycles. The normalized spacial score (nSPS) is 12.7. The number of aliphatic hydroxyl groups is 1. The summed E-state index contributed by atoms with van der Waals surface area (Å²) in [4.78, 5) is 29.9. The first-order valence-electron chi connectivity index (χ1n) is 13.9. The van der Waals surface area contributed by atoms with Gasteiger partial charge in [0.25, 0.3) is 5.91 Å². The van der Waals surface area contributed by atoms with Gasteiger partial charge in [-0.2, -0.15) is 10.2 Å². The highest BCUT2D eigenvalue weighted by Gasteiger charge is 2.35. The van der Waals surface area contributed by atoms with Gasteiger partial charge in [-0.15, -0.1) is 0 Å². The van der Waals surface area contributed by atoms with Crippen molar-refractivity contribution in [2.45, 2.75) is 51.3 Å². The molecular weight excluding hydrogens is 556 g/mol. The molecule has 12 heteroatoms. The van der Waals surface area contributed by atoms with Crippen LogP contribution in [0.25, 0.3) is 5.69 Å². The van der Waals surface area contributed by atoms with Crippen LogP contribution in [0.3, 0.4) is 0 Å². The van der Waals surface area contributed by atoms with E-state index in [1.165, 1.54) is 40.2 Å². The fraction of sp³-hybridized carbons (Fsp3) is 0.258. The number of aromatic nitrogens is 6. The van der Waals surface area contributed by atoms with Crippen LogP contribution in [0.5, 0.6) is 0 Å². The first kappa shape index (κ1) is 29.5. The summed E-state index contributed by atoms with van der Waals surface area (Å²) in [6, 6.07) is 17.0. The maximum atomic E-state index is 14.8. The van der Waals surface area contributed by atoms with Gasteiger partial charge in [-0.25, -0.2) is 32.5 Å². The number of anilines is 1. The molecule has 0 aliphatic heterocycles. The second-order valence-electron chi connectivity index (χ2n) is 10.3. The van der Waals surface area contributed by atoms with Crippen LogP contribution >= 0.6 is 0 Å². The van der Waals surface area contributed by atoms with E-state index in [2.05, 4.69) is 27.4 Å². The van der Waals surface area contributed by atoms with Gasteiger partial charge >= 0.3 is 5.69 Å². The van der Waals surface area contributed by atoms with Gasteiger partial charge in [-0.1, -0.05) is 38.0 Å². The third-order valence-electron chi connectivity index (χ3n) is 7.16. The minimum absolute atomic E-state index is 0.225. The van der Waals surface area contributed by atoms with Gasteiger partial charge in [0.05, 0.1) is 18.8 Å². The highest BCUT2D eigenvalue weighted by Crippen LogP contribution is 2.28. The first-order valence-corrected chi connectivity index (χ1v) is 13.9. The van der Waals surface area contributed by atoms with E-state index < -0.39 is 29.5 Å². The molecule has 1 unspecified atom stereocenters. The lowest BCUT2D eigenvalue weighted by atomic mass is 9.93. The SMILES string of the molecule is CCCCCc1ccc(C(=O)Nc2ccc(-n3cnn(CC(O)(Cn4cncn4)c4ccc(F)cc4F)c3=O)cc2)cc1. The van der Waals surface area contributed by atoms with Crippen LogP contribution in [0, 0.1) is 11.6 Å². The van der Waals surface area contributed by atoms with Crippen LogP contribution in [0.2, 0.25) is 0 Å². The Morgan fingerprint density at radius 3 is 2.40 bits per heavy atom. The number of unbranched alkanes of at least 4 members (excludes halogenated alkanes) is 2. The molecule has 2 aromatic heterocycles. The van der Waals surface area contributed by atoms with Gasteiger partial charge in [0.15, 0.2) is 0 Å². The average molecular weight is 588 g/mol. The van der Waals surface area contributed by atoms with Gasteiger partial charge < -0.3 is 10.4 Å². The van der Waals surface area contributed by atoms with E-state index >= 15 is 0 Å². The molecule has 0 radical (unpaired) electrons. The molecule has 0 fully saturated rings. The average Bonchev–Trinajstić information content (AvgIpc) is 3.63. The number of carbonyl (C=O) groups excluding carboxylic acids is 1. The van der Waals surface area contributed by atoms with Crippen LogP contribution in [-0.4, -0.2) is 40.1 Å². The predicted molar refractivity (Wildman–Crippen MR) is 156 cm³/mol. The molecule has 1 atom stereocenters. The summed E-state index contributed by atoms with van der Waals surface area (Å²) in [6.07, 6.45) is 8.28. The molecule has 1 amide bonds. The molecule has 2 N–H and O–H groups in total. The van der Waals surface area contributed by atoms with Gasteiger partial charge in [-0.05, 0) is 60.9 Å². The highest BCUT2D eigenvalue weighted by molar-refractivity contribution is 6.04. The Balaban J connectivity index is 1.31.